The van der Waals surface area contributed by atoms with Crippen molar-refractivity contribution in [2.24, 2.45) is 4.99 Å². The molecule has 4 rings (SSSR count). The first-order chi connectivity index (χ1) is 13.2. The Balaban J connectivity index is 1.66. The van der Waals surface area contributed by atoms with Gasteiger partial charge in [-0.25, -0.2) is 9.98 Å². The maximum atomic E-state index is 5.43. The van der Waals surface area contributed by atoms with Crippen LogP contribution in [0.1, 0.15) is 16.0 Å². The van der Waals surface area contributed by atoms with Crippen LogP contribution >= 0.6 is 11.3 Å². The predicted molar refractivity (Wildman–Crippen MR) is 108 cm³/mol. The van der Waals surface area contributed by atoms with Crippen LogP contribution in [0.3, 0.4) is 0 Å². The molecule has 27 heavy (non-hydrogen) atoms. The average molecular weight is 380 g/mol. The van der Waals surface area contributed by atoms with Gasteiger partial charge in [-0.2, -0.15) is 0 Å². The number of hydrogen-bond donors (Lipinski definition) is 0. The molecule has 1 aliphatic carbocycles. The van der Waals surface area contributed by atoms with E-state index in [1.165, 1.54) is 10.4 Å². The standard InChI is InChI=1S/C21H20N2O3S/c1-24-15-7-4-13-6-9-19-20(17(13)10-15)23-21(27-19)22-12-14-5-8-16(25-2)11-18(14)26-3/h4-5,7-8,10-12H,6,9H2,1-3H3. The van der Waals surface area contributed by atoms with Crippen molar-refractivity contribution in [3.63, 3.8) is 0 Å². The van der Waals surface area contributed by atoms with Gasteiger partial charge in [-0.05, 0) is 42.7 Å². The zero-order valence-electron chi connectivity index (χ0n) is 15.5. The molecule has 0 fully saturated rings. The molecule has 3 aromatic rings. The molecule has 0 atom stereocenters. The normalized spacial score (nSPS) is 12.6. The van der Waals surface area contributed by atoms with Crippen LogP contribution in [0.25, 0.3) is 11.3 Å². The second-order valence-electron chi connectivity index (χ2n) is 6.16. The molecule has 0 aliphatic heterocycles. The summed E-state index contributed by atoms with van der Waals surface area (Å²) < 4.78 is 16.0. The fraction of sp³-hybridized carbons (Fsp3) is 0.238. The molecule has 1 heterocycles. The van der Waals surface area contributed by atoms with Crippen LogP contribution in [-0.2, 0) is 12.8 Å². The van der Waals surface area contributed by atoms with Crippen LogP contribution < -0.4 is 14.2 Å². The lowest BCUT2D eigenvalue weighted by Crippen LogP contribution is -2.02. The third-order valence-electron chi connectivity index (χ3n) is 4.63. The van der Waals surface area contributed by atoms with E-state index in [4.69, 9.17) is 19.2 Å². The molecule has 1 aromatic heterocycles. The zero-order valence-corrected chi connectivity index (χ0v) is 16.3. The van der Waals surface area contributed by atoms with E-state index in [0.717, 1.165) is 52.0 Å². The predicted octanol–water partition coefficient (Wildman–Crippen LogP) is 4.69. The molecule has 0 saturated carbocycles. The van der Waals surface area contributed by atoms with Gasteiger partial charge in [0.1, 0.15) is 17.2 Å². The number of thiazole rings is 1. The highest BCUT2D eigenvalue weighted by Gasteiger charge is 2.21. The van der Waals surface area contributed by atoms with Gasteiger partial charge in [-0.3, -0.25) is 0 Å². The van der Waals surface area contributed by atoms with Crippen molar-refractivity contribution in [3.8, 4) is 28.5 Å². The Morgan fingerprint density at radius 2 is 1.74 bits per heavy atom. The van der Waals surface area contributed by atoms with E-state index in [-0.39, 0.29) is 0 Å². The maximum absolute atomic E-state index is 5.43. The lowest BCUT2D eigenvalue weighted by atomic mass is 9.93. The van der Waals surface area contributed by atoms with Gasteiger partial charge in [0, 0.05) is 28.3 Å². The van der Waals surface area contributed by atoms with Gasteiger partial charge in [0.05, 0.1) is 27.0 Å². The number of fused-ring (bicyclic) bond motifs is 3. The number of hydrogen-bond acceptors (Lipinski definition) is 6. The molecule has 5 nitrogen and oxygen atoms in total. The molecular weight excluding hydrogens is 360 g/mol. The van der Waals surface area contributed by atoms with Crippen LogP contribution in [0.5, 0.6) is 17.2 Å². The summed E-state index contributed by atoms with van der Waals surface area (Å²) in [5, 5.41) is 0.744. The fourth-order valence-electron chi connectivity index (χ4n) is 3.19. The Morgan fingerprint density at radius 3 is 2.52 bits per heavy atom. The summed E-state index contributed by atoms with van der Waals surface area (Å²) in [6.07, 6.45) is 3.80. The number of aromatic nitrogens is 1. The summed E-state index contributed by atoms with van der Waals surface area (Å²) >= 11 is 1.64. The van der Waals surface area contributed by atoms with Crippen molar-refractivity contribution in [1.29, 1.82) is 0 Å². The third-order valence-corrected chi connectivity index (χ3v) is 5.66. The molecule has 0 saturated heterocycles. The number of methoxy groups -OCH3 is 3. The monoisotopic (exact) mass is 380 g/mol. The van der Waals surface area contributed by atoms with E-state index in [2.05, 4.69) is 17.1 Å². The minimum absolute atomic E-state index is 0.717. The second kappa shape index (κ2) is 7.40. The van der Waals surface area contributed by atoms with E-state index in [1.807, 2.05) is 24.3 Å². The van der Waals surface area contributed by atoms with Gasteiger partial charge in [-0.1, -0.05) is 17.4 Å². The molecule has 2 aromatic carbocycles. The van der Waals surface area contributed by atoms with Crippen molar-refractivity contribution in [2.45, 2.75) is 12.8 Å². The van der Waals surface area contributed by atoms with Crippen LogP contribution in [0.2, 0.25) is 0 Å². The summed E-state index contributed by atoms with van der Waals surface area (Å²) in [5.74, 6) is 2.32. The summed E-state index contributed by atoms with van der Waals surface area (Å²) in [6.45, 7) is 0. The zero-order chi connectivity index (χ0) is 18.8. The highest BCUT2D eigenvalue weighted by Crippen LogP contribution is 2.40. The summed E-state index contributed by atoms with van der Waals surface area (Å²) in [5.41, 5.74) is 4.36. The molecule has 0 spiro atoms. The van der Waals surface area contributed by atoms with Crippen molar-refractivity contribution >= 4 is 22.7 Å². The van der Waals surface area contributed by atoms with Crippen molar-refractivity contribution in [2.75, 3.05) is 21.3 Å². The summed E-state index contributed by atoms with van der Waals surface area (Å²) in [6, 6.07) is 11.9. The van der Waals surface area contributed by atoms with Crippen molar-refractivity contribution in [3.05, 3.63) is 52.4 Å². The first-order valence-electron chi connectivity index (χ1n) is 8.65. The van der Waals surface area contributed by atoms with Gasteiger partial charge in [-0.15, -0.1) is 0 Å². The number of aryl methyl sites for hydroxylation is 2. The molecule has 1 aliphatic rings. The first kappa shape index (κ1) is 17.5. The Kier molecular flexibility index (Phi) is 4.81. The fourth-order valence-corrected chi connectivity index (χ4v) is 4.11. The lowest BCUT2D eigenvalue weighted by molar-refractivity contribution is 0.394. The number of benzene rings is 2. The van der Waals surface area contributed by atoms with Gasteiger partial charge in [0.15, 0.2) is 0 Å². The number of nitrogens with zero attached hydrogens (tertiary/aromatic N) is 2. The molecule has 0 amide bonds. The smallest absolute Gasteiger partial charge is 0.209 e. The van der Waals surface area contributed by atoms with Crippen LogP contribution in [0.15, 0.2) is 41.4 Å². The van der Waals surface area contributed by atoms with Gasteiger partial charge in [0.2, 0.25) is 5.13 Å². The highest BCUT2D eigenvalue weighted by atomic mass is 32.1. The van der Waals surface area contributed by atoms with Crippen LogP contribution in [0.4, 0.5) is 5.13 Å². The van der Waals surface area contributed by atoms with E-state index >= 15 is 0 Å². The average Bonchev–Trinajstić information content (AvgIpc) is 3.15. The van der Waals surface area contributed by atoms with Crippen molar-refractivity contribution < 1.29 is 14.2 Å². The largest absolute Gasteiger partial charge is 0.497 e. The Labute approximate surface area is 162 Å². The van der Waals surface area contributed by atoms with Crippen LogP contribution in [0, 0.1) is 0 Å². The summed E-state index contributed by atoms with van der Waals surface area (Å²) in [4.78, 5) is 10.6. The van der Waals surface area contributed by atoms with E-state index in [1.54, 1.807) is 38.9 Å². The molecule has 138 valence electrons. The Morgan fingerprint density at radius 1 is 0.963 bits per heavy atom. The van der Waals surface area contributed by atoms with Crippen molar-refractivity contribution in [1.82, 2.24) is 4.98 Å². The first-order valence-corrected chi connectivity index (χ1v) is 9.46. The van der Waals surface area contributed by atoms with Crippen LogP contribution in [-0.4, -0.2) is 32.5 Å². The van der Waals surface area contributed by atoms with E-state index in [9.17, 15) is 0 Å². The molecule has 0 radical (unpaired) electrons. The van der Waals surface area contributed by atoms with E-state index in [0.29, 0.717) is 0 Å². The number of ether oxygens (including phenoxy) is 3. The molecule has 0 unspecified atom stereocenters. The SMILES string of the molecule is COc1ccc(C=Nc2nc3c(s2)CCc2ccc(OC)cc2-3)c(OC)c1. The number of rotatable bonds is 5. The minimum atomic E-state index is 0.717. The van der Waals surface area contributed by atoms with Gasteiger partial charge < -0.3 is 14.2 Å². The molecule has 0 bridgehead atoms. The summed E-state index contributed by atoms with van der Waals surface area (Å²) in [7, 11) is 4.96. The minimum Gasteiger partial charge on any atom is -0.497 e. The third kappa shape index (κ3) is 3.40. The quantitative estimate of drug-likeness (QED) is 0.603. The topological polar surface area (TPSA) is 52.9 Å². The Hall–Kier alpha value is -2.86. The maximum Gasteiger partial charge on any atom is 0.209 e. The van der Waals surface area contributed by atoms with E-state index < -0.39 is 0 Å². The molecule has 0 N–H and O–H groups in total. The molecular formula is C21H20N2O3S. The van der Waals surface area contributed by atoms with Gasteiger partial charge >= 0.3 is 0 Å². The highest BCUT2D eigenvalue weighted by molar-refractivity contribution is 7.15. The lowest BCUT2D eigenvalue weighted by Gasteiger charge is -2.15. The second-order valence-corrected chi connectivity index (χ2v) is 7.22. The Bertz CT molecular complexity index is 1010. The van der Waals surface area contributed by atoms with Gasteiger partial charge in [0.25, 0.3) is 0 Å². The molecule has 6 heteroatoms. The number of aliphatic imine (C=N–C) groups is 1.